The lowest BCUT2D eigenvalue weighted by Crippen LogP contribution is -2.15. The Kier molecular flexibility index (Phi) is 5.82. The van der Waals surface area contributed by atoms with Crippen LogP contribution in [0.1, 0.15) is 12.6 Å². The number of esters is 1. The summed E-state index contributed by atoms with van der Waals surface area (Å²) in [5.74, 6) is 0.619. The molecule has 0 bridgehead atoms. The van der Waals surface area contributed by atoms with Crippen molar-refractivity contribution < 1.29 is 14.3 Å². The molecule has 6 nitrogen and oxygen atoms in total. The second-order valence-electron chi connectivity index (χ2n) is 6.13. The van der Waals surface area contributed by atoms with E-state index in [0.717, 1.165) is 20.9 Å². The van der Waals surface area contributed by atoms with Gasteiger partial charge >= 0.3 is 5.97 Å². The van der Waals surface area contributed by atoms with Crippen LogP contribution in [0.15, 0.2) is 64.3 Å². The van der Waals surface area contributed by atoms with Crippen LogP contribution in [0.4, 0.5) is 0 Å². The highest BCUT2D eigenvalue weighted by Gasteiger charge is 2.11. The maximum Gasteiger partial charge on any atom is 0.316 e. The highest BCUT2D eigenvalue weighted by atomic mass is 32.2. The first-order valence-electron chi connectivity index (χ1n) is 9.05. The van der Waals surface area contributed by atoms with Gasteiger partial charge in [-0.15, -0.1) is 11.8 Å². The summed E-state index contributed by atoms with van der Waals surface area (Å²) in [6, 6.07) is 16.6. The third-order valence-corrected chi connectivity index (χ3v) is 6.13. The third kappa shape index (κ3) is 4.44. The lowest BCUT2D eigenvalue weighted by molar-refractivity contribution is -0.141. The summed E-state index contributed by atoms with van der Waals surface area (Å²) in [6.07, 6.45) is 0. The van der Waals surface area contributed by atoms with Gasteiger partial charge in [0.05, 0.1) is 28.3 Å². The van der Waals surface area contributed by atoms with E-state index in [2.05, 4.69) is 4.98 Å². The fraction of sp³-hybridized carbons (Fsp3) is 0.190. The molecule has 4 aromatic rings. The second kappa shape index (κ2) is 8.67. The van der Waals surface area contributed by atoms with E-state index in [9.17, 15) is 9.59 Å². The number of carbonyl (C=O) groups is 1. The molecule has 0 aliphatic carbocycles. The maximum absolute atomic E-state index is 12.5. The van der Waals surface area contributed by atoms with E-state index in [0.29, 0.717) is 17.3 Å². The number of ether oxygens (including phenoxy) is 2. The Bertz CT molecular complexity index is 1220. The van der Waals surface area contributed by atoms with Crippen molar-refractivity contribution in [3.8, 4) is 5.75 Å². The minimum atomic E-state index is -0.359. The Hall–Kier alpha value is -2.84. The van der Waals surface area contributed by atoms with E-state index in [-0.39, 0.29) is 23.9 Å². The summed E-state index contributed by atoms with van der Waals surface area (Å²) in [4.78, 5) is 30.6. The van der Waals surface area contributed by atoms with Crippen molar-refractivity contribution in [2.24, 2.45) is 0 Å². The van der Waals surface area contributed by atoms with Crippen LogP contribution in [-0.2, 0) is 16.1 Å². The normalized spacial score (nSPS) is 11.1. The smallest absolute Gasteiger partial charge is 0.316 e. The van der Waals surface area contributed by atoms with Gasteiger partial charge in [-0.2, -0.15) is 0 Å². The molecule has 0 N–H and O–H groups in total. The molecule has 0 radical (unpaired) electrons. The molecule has 0 spiro atoms. The molecule has 0 unspecified atom stereocenters. The van der Waals surface area contributed by atoms with Crippen molar-refractivity contribution >= 4 is 44.2 Å². The molecular formula is C21H18N2O4S2. The predicted octanol–water partition coefficient (Wildman–Crippen LogP) is 4.14. The van der Waals surface area contributed by atoms with Crippen LogP contribution in [0.25, 0.3) is 15.2 Å². The molecule has 0 aliphatic rings. The molecule has 0 amide bonds. The van der Waals surface area contributed by atoms with Gasteiger partial charge in [0, 0.05) is 11.0 Å². The average molecular weight is 427 g/mol. The first kappa shape index (κ1) is 19.5. The monoisotopic (exact) mass is 426 g/mol. The van der Waals surface area contributed by atoms with Crippen molar-refractivity contribution in [3.63, 3.8) is 0 Å². The molecule has 148 valence electrons. The molecule has 0 saturated carbocycles. The summed E-state index contributed by atoms with van der Waals surface area (Å²) in [5, 5.41) is 0. The number of fused-ring (bicyclic) bond motifs is 3. The number of hydrogen-bond donors (Lipinski definition) is 0. The quantitative estimate of drug-likeness (QED) is 0.327. The predicted molar refractivity (Wildman–Crippen MR) is 115 cm³/mol. The van der Waals surface area contributed by atoms with Gasteiger partial charge < -0.3 is 9.47 Å². The number of hydrogen-bond acceptors (Lipinski definition) is 7. The van der Waals surface area contributed by atoms with Gasteiger partial charge in [0.1, 0.15) is 12.4 Å². The Labute approximate surface area is 175 Å². The number of para-hydroxylation sites is 1. The van der Waals surface area contributed by atoms with Crippen LogP contribution in [0.2, 0.25) is 0 Å². The van der Waals surface area contributed by atoms with E-state index in [4.69, 9.17) is 9.47 Å². The summed E-state index contributed by atoms with van der Waals surface area (Å²) < 4.78 is 13.3. The SMILES string of the molecule is CCOc1ccc(SCC(=O)OCc2cc(=O)n3c(n2)sc2ccccc23)cc1. The Morgan fingerprint density at radius 3 is 2.76 bits per heavy atom. The Balaban J connectivity index is 1.38. The third-order valence-electron chi connectivity index (χ3n) is 4.12. The van der Waals surface area contributed by atoms with Gasteiger partial charge in [-0.05, 0) is 43.3 Å². The number of rotatable bonds is 7. The van der Waals surface area contributed by atoms with E-state index in [1.165, 1.54) is 29.2 Å². The van der Waals surface area contributed by atoms with Gasteiger partial charge in [-0.3, -0.25) is 14.0 Å². The maximum atomic E-state index is 12.5. The van der Waals surface area contributed by atoms with E-state index >= 15 is 0 Å². The highest BCUT2D eigenvalue weighted by molar-refractivity contribution is 8.00. The topological polar surface area (TPSA) is 69.9 Å². The molecule has 0 fully saturated rings. The molecule has 2 aromatic carbocycles. The molecule has 2 aromatic heterocycles. The van der Waals surface area contributed by atoms with Crippen molar-refractivity contribution in [1.82, 2.24) is 9.38 Å². The minimum absolute atomic E-state index is 0.0251. The zero-order chi connectivity index (χ0) is 20.2. The number of aromatic nitrogens is 2. The largest absolute Gasteiger partial charge is 0.494 e. The van der Waals surface area contributed by atoms with Crippen LogP contribution in [-0.4, -0.2) is 27.7 Å². The summed E-state index contributed by atoms with van der Waals surface area (Å²) in [7, 11) is 0. The van der Waals surface area contributed by atoms with Gasteiger partial charge in [0.25, 0.3) is 5.56 Å². The molecular weight excluding hydrogens is 408 g/mol. The summed E-state index contributed by atoms with van der Waals surface area (Å²) in [6.45, 7) is 2.52. The lowest BCUT2D eigenvalue weighted by Gasteiger charge is -2.06. The highest BCUT2D eigenvalue weighted by Crippen LogP contribution is 2.24. The van der Waals surface area contributed by atoms with Crippen molar-refractivity contribution in [3.05, 3.63) is 70.6 Å². The van der Waals surface area contributed by atoms with Crippen molar-refractivity contribution in [2.45, 2.75) is 18.4 Å². The molecule has 29 heavy (non-hydrogen) atoms. The van der Waals surface area contributed by atoms with Crippen LogP contribution in [0.5, 0.6) is 5.75 Å². The van der Waals surface area contributed by atoms with Gasteiger partial charge in [0.15, 0.2) is 4.96 Å². The average Bonchev–Trinajstić information content (AvgIpc) is 3.11. The Morgan fingerprint density at radius 2 is 1.97 bits per heavy atom. The summed E-state index contributed by atoms with van der Waals surface area (Å²) in [5.41, 5.74) is 1.10. The lowest BCUT2D eigenvalue weighted by atomic mass is 10.3. The van der Waals surface area contributed by atoms with Gasteiger partial charge in [0.2, 0.25) is 0 Å². The van der Waals surface area contributed by atoms with E-state index in [1.807, 2.05) is 55.5 Å². The number of thioether (sulfide) groups is 1. The number of nitrogens with zero attached hydrogens (tertiary/aromatic N) is 2. The van der Waals surface area contributed by atoms with Gasteiger partial charge in [-0.25, -0.2) is 4.98 Å². The van der Waals surface area contributed by atoms with E-state index in [1.54, 1.807) is 4.40 Å². The fourth-order valence-electron chi connectivity index (χ4n) is 2.83. The van der Waals surface area contributed by atoms with Crippen LogP contribution in [0.3, 0.4) is 0 Å². The number of benzene rings is 2. The molecule has 0 saturated heterocycles. The fourth-order valence-corrected chi connectivity index (χ4v) is 4.58. The van der Waals surface area contributed by atoms with Gasteiger partial charge in [-0.1, -0.05) is 23.5 Å². The van der Waals surface area contributed by atoms with Crippen LogP contribution < -0.4 is 10.3 Å². The first-order chi connectivity index (χ1) is 14.1. The van der Waals surface area contributed by atoms with E-state index < -0.39 is 0 Å². The molecule has 2 heterocycles. The number of thiazole rings is 1. The van der Waals surface area contributed by atoms with Crippen molar-refractivity contribution in [2.75, 3.05) is 12.4 Å². The second-order valence-corrected chi connectivity index (χ2v) is 8.19. The molecule has 4 rings (SSSR count). The Morgan fingerprint density at radius 1 is 1.17 bits per heavy atom. The van der Waals surface area contributed by atoms with Crippen LogP contribution >= 0.6 is 23.1 Å². The number of carbonyl (C=O) groups excluding carboxylic acids is 1. The standard InChI is InChI=1S/C21H18N2O4S2/c1-2-26-15-7-9-16(10-8-15)28-13-20(25)27-12-14-11-19(24)23-17-5-3-4-6-18(17)29-21(23)22-14/h3-11H,2,12-13H2,1H3. The van der Waals surface area contributed by atoms with Crippen LogP contribution in [0, 0.1) is 0 Å². The van der Waals surface area contributed by atoms with Crippen molar-refractivity contribution in [1.29, 1.82) is 0 Å². The zero-order valence-corrected chi connectivity index (χ0v) is 17.3. The first-order valence-corrected chi connectivity index (χ1v) is 10.9. The molecule has 8 heteroatoms. The molecule has 0 atom stereocenters. The molecule has 0 aliphatic heterocycles. The summed E-state index contributed by atoms with van der Waals surface area (Å²) >= 11 is 2.82. The minimum Gasteiger partial charge on any atom is -0.494 e. The zero-order valence-electron chi connectivity index (χ0n) is 15.7.